The van der Waals surface area contributed by atoms with Crippen LogP contribution in [0.4, 0.5) is 4.79 Å². The van der Waals surface area contributed by atoms with Gasteiger partial charge in [-0.2, -0.15) is 0 Å². The summed E-state index contributed by atoms with van der Waals surface area (Å²) in [6.07, 6.45) is 1.28. The molecule has 1 fully saturated rings. The second-order valence-corrected chi connectivity index (χ2v) is 4.37. The number of nitrogens with zero attached hydrogens (tertiary/aromatic N) is 1. The Morgan fingerprint density at radius 2 is 2.36 bits per heavy atom. The van der Waals surface area contributed by atoms with E-state index in [0.29, 0.717) is 25.0 Å². The molecule has 0 unspecified atom stereocenters. The van der Waals surface area contributed by atoms with Crippen LogP contribution in [0.5, 0.6) is 0 Å². The average molecular weight is 200 g/mol. The molecule has 1 heterocycles. The van der Waals surface area contributed by atoms with Crippen LogP contribution in [0, 0.1) is 5.92 Å². The van der Waals surface area contributed by atoms with Crippen LogP contribution in [0.1, 0.15) is 26.7 Å². The molecule has 1 rings (SSSR count). The van der Waals surface area contributed by atoms with Crippen LogP contribution in [0.2, 0.25) is 0 Å². The molecule has 82 valence electrons. The first-order chi connectivity index (χ1) is 6.59. The van der Waals surface area contributed by atoms with E-state index in [-0.39, 0.29) is 0 Å². The topological polar surface area (TPSA) is 52.6 Å². The number of rotatable bonds is 3. The van der Waals surface area contributed by atoms with Gasteiger partial charge in [0.25, 0.3) is 0 Å². The van der Waals surface area contributed by atoms with Crippen molar-refractivity contribution < 1.29 is 9.90 Å². The number of hydrogen-bond donors (Lipinski definition) is 2. The van der Waals surface area contributed by atoms with Crippen molar-refractivity contribution in [2.75, 3.05) is 19.6 Å². The fourth-order valence-corrected chi connectivity index (χ4v) is 1.72. The fourth-order valence-electron chi connectivity index (χ4n) is 1.72. The second-order valence-electron chi connectivity index (χ2n) is 4.37. The molecule has 0 radical (unpaired) electrons. The minimum atomic E-state index is -0.791. The number of nitrogens with one attached hydrogen (secondary N) is 1. The molecule has 1 atom stereocenters. The highest BCUT2D eigenvalue weighted by Crippen LogP contribution is 2.10. The summed E-state index contributed by atoms with van der Waals surface area (Å²) in [4.78, 5) is 12.2. The Morgan fingerprint density at radius 1 is 1.64 bits per heavy atom. The standard InChI is InChI=1S/C10H20N2O2/c1-8(2)6-11-9-4-3-5-12(7-9)10(13)14/h8-9,11H,3-7H2,1-2H3,(H,13,14)/t9-/m0/s1. The Labute approximate surface area is 85.3 Å². The molecule has 1 saturated heterocycles. The largest absolute Gasteiger partial charge is 0.465 e. The van der Waals surface area contributed by atoms with E-state index in [0.717, 1.165) is 19.4 Å². The number of amides is 1. The molecule has 0 spiro atoms. The maximum Gasteiger partial charge on any atom is 0.407 e. The Kier molecular flexibility index (Phi) is 4.20. The van der Waals surface area contributed by atoms with Crippen LogP contribution < -0.4 is 5.32 Å². The molecule has 0 saturated carbocycles. The van der Waals surface area contributed by atoms with Crippen molar-refractivity contribution in [3.8, 4) is 0 Å². The SMILES string of the molecule is CC(C)CN[C@H]1CCCN(C(=O)O)C1. The molecule has 1 aliphatic heterocycles. The summed E-state index contributed by atoms with van der Waals surface area (Å²) < 4.78 is 0. The lowest BCUT2D eigenvalue weighted by atomic mass is 10.1. The summed E-state index contributed by atoms with van der Waals surface area (Å²) in [5, 5.41) is 12.2. The molecule has 0 aromatic heterocycles. The van der Waals surface area contributed by atoms with Crippen LogP contribution in [0.25, 0.3) is 0 Å². The molecule has 0 aromatic carbocycles. The van der Waals surface area contributed by atoms with E-state index in [1.807, 2.05) is 0 Å². The van der Waals surface area contributed by atoms with Crippen molar-refractivity contribution in [2.45, 2.75) is 32.7 Å². The monoisotopic (exact) mass is 200 g/mol. The Balaban J connectivity index is 2.29. The molecule has 1 aliphatic rings. The van der Waals surface area contributed by atoms with E-state index in [2.05, 4.69) is 19.2 Å². The van der Waals surface area contributed by atoms with Gasteiger partial charge in [0.15, 0.2) is 0 Å². The first-order valence-corrected chi connectivity index (χ1v) is 5.31. The van der Waals surface area contributed by atoms with Gasteiger partial charge in [0.05, 0.1) is 0 Å². The summed E-state index contributed by atoms with van der Waals surface area (Å²) >= 11 is 0. The third-order valence-electron chi connectivity index (χ3n) is 2.51. The first kappa shape index (κ1) is 11.3. The molecule has 0 aromatic rings. The van der Waals surface area contributed by atoms with E-state index < -0.39 is 6.09 Å². The Hall–Kier alpha value is -0.770. The van der Waals surface area contributed by atoms with Gasteiger partial charge in [-0.25, -0.2) is 4.79 Å². The number of carbonyl (C=O) groups is 1. The van der Waals surface area contributed by atoms with Crippen molar-refractivity contribution >= 4 is 6.09 Å². The number of hydrogen-bond acceptors (Lipinski definition) is 2. The minimum Gasteiger partial charge on any atom is -0.465 e. The van der Waals surface area contributed by atoms with Gasteiger partial charge in [0.1, 0.15) is 0 Å². The molecular formula is C10H20N2O2. The average Bonchev–Trinajstić information content (AvgIpc) is 2.15. The molecule has 4 heteroatoms. The number of carboxylic acid groups (broad SMARTS) is 1. The van der Waals surface area contributed by atoms with Crippen molar-refractivity contribution in [2.24, 2.45) is 5.92 Å². The zero-order valence-electron chi connectivity index (χ0n) is 8.99. The maximum absolute atomic E-state index is 10.7. The van der Waals surface area contributed by atoms with Gasteiger partial charge in [0, 0.05) is 19.1 Å². The fraction of sp³-hybridized carbons (Fsp3) is 0.900. The van der Waals surface area contributed by atoms with Gasteiger partial charge in [-0.05, 0) is 25.3 Å². The normalized spacial score (nSPS) is 22.8. The second kappa shape index (κ2) is 5.20. The highest BCUT2D eigenvalue weighted by Gasteiger charge is 2.22. The third-order valence-corrected chi connectivity index (χ3v) is 2.51. The summed E-state index contributed by atoms with van der Waals surface area (Å²) in [5.41, 5.74) is 0. The van der Waals surface area contributed by atoms with E-state index >= 15 is 0 Å². The Bertz CT molecular complexity index is 195. The lowest BCUT2D eigenvalue weighted by molar-refractivity contribution is 0.125. The zero-order valence-corrected chi connectivity index (χ0v) is 8.99. The smallest absolute Gasteiger partial charge is 0.407 e. The lowest BCUT2D eigenvalue weighted by Gasteiger charge is -2.31. The van der Waals surface area contributed by atoms with E-state index in [9.17, 15) is 4.79 Å². The van der Waals surface area contributed by atoms with Crippen LogP contribution in [-0.2, 0) is 0 Å². The Morgan fingerprint density at radius 3 is 2.93 bits per heavy atom. The minimum absolute atomic E-state index is 0.349. The van der Waals surface area contributed by atoms with E-state index in [1.54, 1.807) is 0 Å². The lowest BCUT2D eigenvalue weighted by Crippen LogP contribution is -2.48. The molecule has 0 aliphatic carbocycles. The van der Waals surface area contributed by atoms with E-state index in [1.165, 1.54) is 4.90 Å². The first-order valence-electron chi connectivity index (χ1n) is 5.31. The highest BCUT2D eigenvalue weighted by molar-refractivity contribution is 5.65. The molecular weight excluding hydrogens is 180 g/mol. The van der Waals surface area contributed by atoms with Crippen molar-refractivity contribution in [3.05, 3.63) is 0 Å². The van der Waals surface area contributed by atoms with Crippen LogP contribution in [0.3, 0.4) is 0 Å². The molecule has 14 heavy (non-hydrogen) atoms. The predicted molar refractivity (Wildman–Crippen MR) is 55.5 cm³/mol. The van der Waals surface area contributed by atoms with Gasteiger partial charge in [-0.1, -0.05) is 13.8 Å². The molecule has 0 bridgehead atoms. The molecule has 4 nitrogen and oxygen atoms in total. The van der Waals surface area contributed by atoms with Gasteiger partial charge in [0.2, 0.25) is 0 Å². The summed E-state index contributed by atoms with van der Waals surface area (Å²) in [5.74, 6) is 0.621. The number of likely N-dealkylation sites (tertiary alicyclic amines) is 1. The highest BCUT2D eigenvalue weighted by atomic mass is 16.4. The van der Waals surface area contributed by atoms with Crippen molar-refractivity contribution in [3.63, 3.8) is 0 Å². The van der Waals surface area contributed by atoms with Gasteiger partial charge in [-0.3, -0.25) is 0 Å². The van der Waals surface area contributed by atoms with Gasteiger partial charge in [-0.15, -0.1) is 0 Å². The zero-order chi connectivity index (χ0) is 10.6. The van der Waals surface area contributed by atoms with Crippen LogP contribution in [-0.4, -0.2) is 41.8 Å². The summed E-state index contributed by atoms with van der Waals surface area (Å²) in [6.45, 7) is 6.62. The predicted octanol–water partition coefficient (Wildman–Crippen LogP) is 1.37. The molecule has 1 amide bonds. The maximum atomic E-state index is 10.7. The van der Waals surface area contributed by atoms with Crippen LogP contribution >= 0.6 is 0 Å². The number of piperidine rings is 1. The van der Waals surface area contributed by atoms with Gasteiger partial charge < -0.3 is 15.3 Å². The molecule has 2 N–H and O–H groups in total. The van der Waals surface area contributed by atoms with E-state index in [4.69, 9.17) is 5.11 Å². The van der Waals surface area contributed by atoms with Crippen molar-refractivity contribution in [1.82, 2.24) is 10.2 Å². The van der Waals surface area contributed by atoms with Gasteiger partial charge >= 0.3 is 6.09 Å². The van der Waals surface area contributed by atoms with Crippen LogP contribution in [0.15, 0.2) is 0 Å². The summed E-state index contributed by atoms with van der Waals surface area (Å²) in [7, 11) is 0. The quantitative estimate of drug-likeness (QED) is 0.723. The third kappa shape index (κ3) is 3.54. The summed E-state index contributed by atoms with van der Waals surface area (Å²) in [6, 6.07) is 0.349. The van der Waals surface area contributed by atoms with Crippen molar-refractivity contribution in [1.29, 1.82) is 0 Å².